The van der Waals surface area contributed by atoms with Gasteiger partial charge in [-0.3, -0.25) is 0 Å². The fourth-order valence-electron chi connectivity index (χ4n) is 2.51. The fourth-order valence-corrected chi connectivity index (χ4v) is 2.51. The molecule has 0 aromatic heterocycles. The highest BCUT2D eigenvalue weighted by Gasteiger charge is 2.68. The van der Waals surface area contributed by atoms with Crippen LogP contribution in [0.4, 0.5) is 0 Å². The van der Waals surface area contributed by atoms with Gasteiger partial charge in [-0.15, -0.1) is 0 Å². The van der Waals surface area contributed by atoms with Gasteiger partial charge in [0.15, 0.2) is 0 Å². The molecule has 0 bridgehead atoms. The maximum Gasteiger partial charge on any atom is 0.0471 e. The number of rotatable bonds is 8. The lowest BCUT2D eigenvalue weighted by molar-refractivity contribution is 0.111. The average Bonchev–Trinajstić information content (AvgIpc) is 2.93. The smallest absolute Gasteiger partial charge is 0.0471 e. The van der Waals surface area contributed by atoms with Crippen LogP contribution in [0.5, 0.6) is 0 Å². The summed E-state index contributed by atoms with van der Waals surface area (Å²) < 4.78 is 5.69. The molecule has 0 radical (unpaired) electrons. The van der Waals surface area contributed by atoms with Crippen molar-refractivity contribution in [2.75, 3.05) is 13.2 Å². The summed E-state index contributed by atoms with van der Waals surface area (Å²) >= 11 is 0. The quantitative estimate of drug-likeness (QED) is 0.539. The SMILES string of the molecule is CCCC(C)CCOCCC12CC1C2. The van der Waals surface area contributed by atoms with E-state index >= 15 is 0 Å². The molecule has 1 unspecified atom stereocenters. The first kappa shape index (κ1) is 10.5. The summed E-state index contributed by atoms with van der Waals surface area (Å²) in [5, 5.41) is 0. The van der Waals surface area contributed by atoms with Crippen molar-refractivity contribution in [1.29, 1.82) is 0 Å². The molecule has 1 heteroatoms. The van der Waals surface area contributed by atoms with Crippen molar-refractivity contribution in [1.82, 2.24) is 0 Å². The van der Waals surface area contributed by atoms with E-state index in [0.29, 0.717) is 0 Å². The molecular weight excluding hydrogens is 172 g/mol. The first-order valence-electron chi connectivity index (χ1n) is 6.34. The molecule has 2 saturated carbocycles. The zero-order chi connectivity index (χ0) is 10.0. The zero-order valence-electron chi connectivity index (χ0n) is 9.72. The molecule has 14 heavy (non-hydrogen) atoms. The summed E-state index contributed by atoms with van der Waals surface area (Å²) in [6.07, 6.45) is 8.30. The van der Waals surface area contributed by atoms with Crippen LogP contribution in [0.25, 0.3) is 0 Å². The van der Waals surface area contributed by atoms with Crippen LogP contribution >= 0.6 is 0 Å². The van der Waals surface area contributed by atoms with Crippen molar-refractivity contribution in [2.45, 2.75) is 52.4 Å². The van der Waals surface area contributed by atoms with Gasteiger partial charge in [0.1, 0.15) is 0 Å². The van der Waals surface area contributed by atoms with Gasteiger partial charge >= 0.3 is 0 Å². The Balaban J connectivity index is 1.39. The lowest BCUT2D eigenvalue weighted by Gasteiger charge is -2.10. The molecule has 0 spiro atoms. The summed E-state index contributed by atoms with van der Waals surface area (Å²) in [4.78, 5) is 0. The summed E-state index contributed by atoms with van der Waals surface area (Å²) in [7, 11) is 0. The van der Waals surface area contributed by atoms with Gasteiger partial charge in [0, 0.05) is 13.2 Å². The number of hydrogen-bond acceptors (Lipinski definition) is 1. The van der Waals surface area contributed by atoms with Gasteiger partial charge < -0.3 is 4.74 Å². The first-order chi connectivity index (χ1) is 6.77. The Hall–Kier alpha value is -0.0400. The molecule has 2 rings (SSSR count). The molecule has 1 atom stereocenters. The molecule has 0 amide bonds. The van der Waals surface area contributed by atoms with E-state index in [2.05, 4.69) is 13.8 Å². The molecule has 82 valence electrons. The van der Waals surface area contributed by atoms with Crippen LogP contribution in [0, 0.1) is 17.3 Å². The monoisotopic (exact) mass is 196 g/mol. The molecule has 2 aliphatic rings. The second-order valence-corrected chi connectivity index (χ2v) is 5.51. The number of ether oxygens (including phenoxy) is 1. The summed E-state index contributed by atoms with van der Waals surface area (Å²) in [6, 6.07) is 0. The van der Waals surface area contributed by atoms with Crippen LogP contribution in [0.2, 0.25) is 0 Å². The standard InChI is InChI=1S/C13H24O/c1-3-4-11(2)5-7-14-8-6-13-9-12(13)10-13/h11-12H,3-10H2,1-2H3. The summed E-state index contributed by atoms with van der Waals surface area (Å²) in [6.45, 7) is 6.61. The van der Waals surface area contributed by atoms with Gasteiger partial charge in [-0.1, -0.05) is 26.7 Å². The topological polar surface area (TPSA) is 9.23 Å². The van der Waals surface area contributed by atoms with Gasteiger partial charge in [-0.2, -0.15) is 0 Å². The van der Waals surface area contributed by atoms with Crippen molar-refractivity contribution in [3.63, 3.8) is 0 Å². The second kappa shape index (κ2) is 4.22. The van der Waals surface area contributed by atoms with Gasteiger partial charge in [-0.25, -0.2) is 0 Å². The van der Waals surface area contributed by atoms with E-state index in [-0.39, 0.29) is 0 Å². The Morgan fingerprint density at radius 1 is 1.29 bits per heavy atom. The van der Waals surface area contributed by atoms with Crippen molar-refractivity contribution >= 4 is 0 Å². The predicted octanol–water partition coefficient (Wildman–Crippen LogP) is 3.63. The molecule has 0 heterocycles. The minimum absolute atomic E-state index is 0.828. The van der Waals surface area contributed by atoms with Crippen LogP contribution in [0.3, 0.4) is 0 Å². The van der Waals surface area contributed by atoms with E-state index in [4.69, 9.17) is 4.74 Å². The van der Waals surface area contributed by atoms with E-state index in [0.717, 1.165) is 30.5 Å². The van der Waals surface area contributed by atoms with Crippen LogP contribution < -0.4 is 0 Å². The predicted molar refractivity (Wildman–Crippen MR) is 59.3 cm³/mol. The molecule has 0 aromatic carbocycles. The zero-order valence-corrected chi connectivity index (χ0v) is 9.72. The molecular formula is C13H24O. The highest BCUT2D eigenvalue weighted by molar-refractivity contribution is 5.17. The van der Waals surface area contributed by atoms with Crippen molar-refractivity contribution in [3.05, 3.63) is 0 Å². The second-order valence-electron chi connectivity index (χ2n) is 5.51. The van der Waals surface area contributed by atoms with Crippen molar-refractivity contribution < 1.29 is 4.74 Å². The summed E-state index contributed by atoms with van der Waals surface area (Å²) in [5.41, 5.74) is 0.828. The Bertz CT molecular complexity index is 182. The third-order valence-corrected chi connectivity index (χ3v) is 4.13. The van der Waals surface area contributed by atoms with E-state index in [9.17, 15) is 0 Å². The molecule has 2 aliphatic carbocycles. The minimum atomic E-state index is 0.828. The average molecular weight is 196 g/mol. The molecule has 0 N–H and O–H groups in total. The Morgan fingerprint density at radius 3 is 2.57 bits per heavy atom. The van der Waals surface area contributed by atoms with Gasteiger partial charge in [-0.05, 0) is 42.9 Å². The fraction of sp³-hybridized carbons (Fsp3) is 1.00. The normalized spacial score (nSPS) is 35.1. The minimum Gasteiger partial charge on any atom is -0.381 e. The molecule has 0 saturated heterocycles. The maximum atomic E-state index is 5.69. The van der Waals surface area contributed by atoms with Crippen LogP contribution in [0.15, 0.2) is 0 Å². The van der Waals surface area contributed by atoms with Crippen LogP contribution in [-0.4, -0.2) is 13.2 Å². The molecule has 0 aliphatic heterocycles. The van der Waals surface area contributed by atoms with Crippen molar-refractivity contribution in [2.24, 2.45) is 17.3 Å². The lowest BCUT2D eigenvalue weighted by Crippen LogP contribution is -2.04. The number of hydrogen-bond donors (Lipinski definition) is 0. The number of fused-ring (bicyclic) bond motifs is 1. The molecule has 0 aromatic rings. The Labute approximate surface area is 88.2 Å². The van der Waals surface area contributed by atoms with Crippen molar-refractivity contribution in [3.8, 4) is 0 Å². The Kier molecular flexibility index (Phi) is 3.16. The van der Waals surface area contributed by atoms with E-state index in [1.807, 2.05) is 0 Å². The summed E-state index contributed by atoms with van der Waals surface area (Å²) in [5.74, 6) is 1.98. The first-order valence-corrected chi connectivity index (χ1v) is 6.34. The van der Waals surface area contributed by atoms with Gasteiger partial charge in [0.25, 0.3) is 0 Å². The highest BCUT2D eigenvalue weighted by atomic mass is 16.5. The molecule has 2 fully saturated rings. The third-order valence-electron chi connectivity index (χ3n) is 4.13. The van der Waals surface area contributed by atoms with Crippen LogP contribution in [0.1, 0.15) is 52.4 Å². The molecule has 1 nitrogen and oxygen atoms in total. The van der Waals surface area contributed by atoms with Gasteiger partial charge in [0.05, 0.1) is 0 Å². The van der Waals surface area contributed by atoms with E-state index in [1.54, 1.807) is 0 Å². The van der Waals surface area contributed by atoms with Crippen LogP contribution in [-0.2, 0) is 4.74 Å². The largest absolute Gasteiger partial charge is 0.381 e. The maximum absolute atomic E-state index is 5.69. The van der Waals surface area contributed by atoms with E-state index < -0.39 is 0 Å². The Morgan fingerprint density at radius 2 is 2.00 bits per heavy atom. The van der Waals surface area contributed by atoms with E-state index in [1.165, 1.54) is 38.5 Å². The van der Waals surface area contributed by atoms with Gasteiger partial charge in [0.2, 0.25) is 0 Å². The lowest BCUT2D eigenvalue weighted by atomic mass is 10.0. The third kappa shape index (κ3) is 2.50. The highest BCUT2D eigenvalue weighted by Crippen LogP contribution is 2.77.